The molecule has 0 spiro atoms. The summed E-state index contributed by atoms with van der Waals surface area (Å²) < 4.78 is 25.8. The summed E-state index contributed by atoms with van der Waals surface area (Å²) in [5, 5.41) is 8.58. The van der Waals surface area contributed by atoms with Crippen LogP contribution in [0.1, 0.15) is 54.9 Å². The SMILES string of the molecule is COC(=N)c1cc2nc(CN3CCC(c4cccc5c4O[C@@](C)(c4ccc(Cl)cn4)O5)CC3)n(C[C@@H]3CCO3)c2cn1. The summed E-state index contributed by atoms with van der Waals surface area (Å²) in [6, 6.07) is 11.6. The van der Waals surface area contributed by atoms with Gasteiger partial charge in [0.1, 0.15) is 17.2 Å². The molecule has 6 heterocycles. The Labute approximate surface area is 249 Å². The Morgan fingerprint density at radius 2 is 1.95 bits per heavy atom. The second-order valence-electron chi connectivity index (χ2n) is 11.2. The van der Waals surface area contributed by atoms with Crippen molar-refractivity contribution in [3.8, 4) is 11.5 Å². The van der Waals surface area contributed by atoms with Crippen molar-refractivity contribution in [3.63, 3.8) is 0 Å². The lowest BCUT2D eigenvalue weighted by atomic mass is 9.88. The minimum atomic E-state index is -0.997. The number of piperidine rings is 1. The molecule has 3 aliphatic rings. The molecule has 0 aliphatic carbocycles. The van der Waals surface area contributed by atoms with Crippen LogP contribution in [0.5, 0.6) is 11.5 Å². The molecule has 0 unspecified atom stereocenters. The van der Waals surface area contributed by atoms with E-state index in [2.05, 4.69) is 25.5 Å². The predicted octanol–water partition coefficient (Wildman–Crippen LogP) is 5.26. The van der Waals surface area contributed by atoms with E-state index in [4.69, 9.17) is 40.9 Å². The first-order valence-electron chi connectivity index (χ1n) is 14.3. The summed E-state index contributed by atoms with van der Waals surface area (Å²) >= 11 is 6.05. The van der Waals surface area contributed by atoms with Crippen molar-refractivity contribution < 1.29 is 18.9 Å². The largest absolute Gasteiger partial charge is 0.480 e. The number of ether oxygens (including phenoxy) is 4. The third kappa shape index (κ3) is 4.97. The van der Waals surface area contributed by atoms with Crippen LogP contribution in [0.25, 0.3) is 11.0 Å². The Hall–Kier alpha value is -3.73. The van der Waals surface area contributed by atoms with Crippen LogP contribution >= 0.6 is 11.6 Å². The van der Waals surface area contributed by atoms with Crippen LogP contribution in [-0.4, -0.2) is 63.2 Å². The summed E-state index contributed by atoms with van der Waals surface area (Å²) in [7, 11) is 1.48. The number of aromatic nitrogens is 4. The van der Waals surface area contributed by atoms with Gasteiger partial charge in [-0.3, -0.25) is 15.3 Å². The average Bonchev–Trinajstić information content (AvgIpc) is 3.51. The van der Waals surface area contributed by atoms with Crippen LogP contribution in [-0.2, 0) is 28.4 Å². The predicted molar refractivity (Wildman–Crippen MR) is 157 cm³/mol. The first-order valence-corrected chi connectivity index (χ1v) is 14.7. The quantitative estimate of drug-likeness (QED) is 0.230. The number of likely N-dealkylation sites (tertiary alicyclic amines) is 1. The first kappa shape index (κ1) is 27.1. The molecule has 11 heteroatoms. The lowest BCUT2D eigenvalue weighted by molar-refractivity contribution is -0.0722. The van der Waals surface area contributed by atoms with Crippen molar-refractivity contribution in [1.82, 2.24) is 24.4 Å². The van der Waals surface area contributed by atoms with Crippen molar-refractivity contribution in [3.05, 3.63) is 76.6 Å². The molecule has 0 saturated carbocycles. The van der Waals surface area contributed by atoms with E-state index in [1.54, 1.807) is 18.5 Å². The molecule has 0 bridgehead atoms. The Bertz CT molecular complexity index is 1630. The number of methoxy groups -OCH3 is 1. The van der Waals surface area contributed by atoms with Crippen LogP contribution < -0.4 is 9.47 Å². The van der Waals surface area contributed by atoms with Gasteiger partial charge in [0.25, 0.3) is 5.79 Å². The molecule has 2 saturated heterocycles. The topological polar surface area (TPSA) is 108 Å². The third-order valence-corrected chi connectivity index (χ3v) is 8.75. The van der Waals surface area contributed by atoms with Gasteiger partial charge in [-0.1, -0.05) is 23.7 Å². The zero-order valence-corrected chi connectivity index (χ0v) is 24.4. The van der Waals surface area contributed by atoms with E-state index >= 15 is 0 Å². The molecule has 10 nitrogen and oxygen atoms in total. The lowest BCUT2D eigenvalue weighted by Crippen LogP contribution is -2.35. The molecule has 1 N–H and O–H groups in total. The molecule has 4 aromatic rings. The number of hydrogen-bond donors (Lipinski definition) is 1. The van der Waals surface area contributed by atoms with Gasteiger partial charge in [-0.25, -0.2) is 9.97 Å². The highest BCUT2D eigenvalue weighted by molar-refractivity contribution is 6.30. The van der Waals surface area contributed by atoms with Crippen molar-refractivity contribution in [2.24, 2.45) is 0 Å². The molecule has 1 aromatic carbocycles. The fourth-order valence-corrected chi connectivity index (χ4v) is 6.19. The molecule has 2 atom stereocenters. The van der Waals surface area contributed by atoms with Crippen LogP contribution in [0.15, 0.2) is 48.8 Å². The number of imidazole rings is 1. The molecule has 3 aromatic heterocycles. The number of fused-ring (bicyclic) bond motifs is 2. The molecule has 0 amide bonds. The van der Waals surface area contributed by atoms with Gasteiger partial charge in [-0.05, 0) is 62.5 Å². The van der Waals surface area contributed by atoms with Crippen molar-refractivity contribution in [2.75, 3.05) is 26.8 Å². The molecule has 218 valence electrons. The summed E-state index contributed by atoms with van der Waals surface area (Å²) in [6.07, 6.45) is 6.65. The molecular weight excluding hydrogens is 556 g/mol. The zero-order valence-electron chi connectivity index (χ0n) is 23.7. The number of nitrogens with one attached hydrogen (secondary N) is 1. The number of halogens is 1. The smallest absolute Gasteiger partial charge is 0.292 e. The summed E-state index contributed by atoms with van der Waals surface area (Å²) in [5.74, 6) is 1.94. The van der Waals surface area contributed by atoms with Crippen LogP contribution in [0.3, 0.4) is 0 Å². The first-order chi connectivity index (χ1) is 20.4. The Kier molecular flexibility index (Phi) is 7.00. The number of rotatable bonds is 7. The molecule has 42 heavy (non-hydrogen) atoms. The van der Waals surface area contributed by atoms with E-state index in [1.165, 1.54) is 12.7 Å². The van der Waals surface area contributed by atoms with Gasteiger partial charge in [0.05, 0.1) is 48.6 Å². The van der Waals surface area contributed by atoms with E-state index in [9.17, 15) is 0 Å². The lowest BCUT2D eigenvalue weighted by Gasteiger charge is -2.33. The molecule has 3 aliphatic heterocycles. The van der Waals surface area contributed by atoms with E-state index in [1.807, 2.05) is 31.2 Å². The van der Waals surface area contributed by atoms with Crippen molar-refractivity contribution in [1.29, 1.82) is 5.41 Å². The molecule has 0 radical (unpaired) electrons. The second-order valence-corrected chi connectivity index (χ2v) is 11.7. The molecular formula is C31H33ClN6O4. The Morgan fingerprint density at radius 3 is 2.67 bits per heavy atom. The van der Waals surface area contributed by atoms with Gasteiger partial charge in [0, 0.05) is 25.3 Å². The van der Waals surface area contributed by atoms with Crippen molar-refractivity contribution >= 4 is 28.5 Å². The number of hydrogen-bond acceptors (Lipinski definition) is 9. The van der Waals surface area contributed by atoms with Crippen LogP contribution in [0.2, 0.25) is 5.02 Å². The fourth-order valence-electron chi connectivity index (χ4n) is 6.08. The minimum Gasteiger partial charge on any atom is -0.480 e. The van der Waals surface area contributed by atoms with Gasteiger partial charge in [-0.2, -0.15) is 0 Å². The standard InChI is InChI=1S/C31H33ClN6O4/c1-31(27-7-6-20(32)15-35-27)41-26-5-3-4-22(29(26)42-31)19-8-11-37(12-9-19)18-28-36-23-14-24(30(33)39-2)34-16-25(23)38(28)17-21-10-13-40-21/h3-7,14-16,19,21,33H,8-13,17-18H2,1-2H3/t21-,31-/m0/s1. The number of benzene rings is 1. The van der Waals surface area contributed by atoms with Gasteiger partial charge in [-0.15, -0.1) is 0 Å². The maximum atomic E-state index is 8.01. The average molecular weight is 589 g/mol. The van der Waals surface area contributed by atoms with E-state index in [-0.39, 0.29) is 12.0 Å². The number of pyridine rings is 2. The zero-order chi connectivity index (χ0) is 28.8. The molecule has 7 rings (SSSR count). The normalized spacial score (nSPS) is 22.3. The highest BCUT2D eigenvalue weighted by Crippen LogP contribution is 2.49. The van der Waals surface area contributed by atoms with E-state index in [0.29, 0.717) is 22.3 Å². The van der Waals surface area contributed by atoms with Crippen LogP contribution in [0, 0.1) is 5.41 Å². The van der Waals surface area contributed by atoms with E-state index in [0.717, 1.165) is 80.4 Å². The highest BCUT2D eigenvalue weighted by atomic mass is 35.5. The maximum absolute atomic E-state index is 8.01. The second kappa shape index (κ2) is 10.8. The fraction of sp³-hybridized carbons (Fsp3) is 0.419. The van der Waals surface area contributed by atoms with Crippen LogP contribution in [0.4, 0.5) is 0 Å². The Morgan fingerprint density at radius 1 is 1.12 bits per heavy atom. The van der Waals surface area contributed by atoms with Gasteiger partial charge >= 0.3 is 0 Å². The van der Waals surface area contributed by atoms with Gasteiger partial charge in [0.2, 0.25) is 5.90 Å². The van der Waals surface area contributed by atoms with Crippen molar-refractivity contribution in [2.45, 2.75) is 57.1 Å². The summed E-state index contributed by atoms with van der Waals surface area (Å²) in [6.45, 7) is 6.06. The number of nitrogens with zero attached hydrogens (tertiary/aromatic N) is 5. The molecule has 2 fully saturated rings. The van der Waals surface area contributed by atoms with E-state index < -0.39 is 5.79 Å². The maximum Gasteiger partial charge on any atom is 0.292 e. The van der Waals surface area contributed by atoms with Gasteiger partial charge < -0.3 is 23.5 Å². The monoisotopic (exact) mass is 588 g/mol. The summed E-state index contributed by atoms with van der Waals surface area (Å²) in [5.41, 5.74) is 4.12. The summed E-state index contributed by atoms with van der Waals surface area (Å²) in [4.78, 5) is 16.4. The highest BCUT2D eigenvalue weighted by Gasteiger charge is 2.42. The number of para-hydroxylation sites is 1. The third-order valence-electron chi connectivity index (χ3n) is 8.53. The minimum absolute atomic E-state index is 0.0314. The Balaban J connectivity index is 1.07. The van der Waals surface area contributed by atoms with Gasteiger partial charge in [0.15, 0.2) is 11.5 Å².